The largest absolute Gasteiger partial charge is 0.328 e. The minimum Gasteiger partial charge on any atom is -0.328 e. The minimum atomic E-state index is -2.64. The maximum atomic E-state index is 10.6. The summed E-state index contributed by atoms with van der Waals surface area (Å²) in [5.74, 6) is 0. The molecule has 3 nitrogen and oxygen atoms in total. The molecule has 2 rings (SSSR count). The molecule has 0 heterocycles. The van der Waals surface area contributed by atoms with Crippen LogP contribution in [0.3, 0.4) is 0 Å². The molecule has 2 aromatic carbocycles. The summed E-state index contributed by atoms with van der Waals surface area (Å²) in [5, 5.41) is 0. The number of benzene rings is 2. The van der Waals surface area contributed by atoms with Crippen LogP contribution in [0.4, 0.5) is 0 Å². The van der Waals surface area contributed by atoms with E-state index in [1.165, 1.54) is 35.1 Å². The Labute approximate surface area is 253 Å². The van der Waals surface area contributed by atoms with Gasteiger partial charge in [0.2, 0.25) is 0 Å². The second-order valence-corrected chi connectivity index (χ2v) is 12.5. The predicted octanol–water partition coefficient (Wildman–Crippen LogP) is 11.1. The Kier molecular flexibility index (Phi) is 17.1. The fourth-order valence-corrected chi connectivity index (χ4v) is 6.53. The average molecular weight is 583 g/mol. The molecule has 4 heteroatoms. The van der Waals surface area contributed by atoms with E-state index in [4.69, 9.17) is 4.52 Å². The van der Waals surface area contributed by atoms with Crippen LogP contribution in [0.5, 0.6) is 0 Å². The maximum Gasteiger partial charge on any atom is 0.328 e. The van der Waals surface area contributed by atoms with Gasteiger partial charge in [0.15, 0.2) is 0 Å². The van der Waals surface area contributed by atoms with Crippen molar-refractivity contribution in [3.8, 4) is 0 Å². The van der Waals surface area contributed by atoms with Gasteiger partial charge in [0.05, 0.1) is 0 Å². The lowest BCUT2D eigenvalue weighted by Gasteiger charge is -2.40. The lowest BCUT2D eigenvalue weighted by Crippen LogP contribution is -2.34. The van der Waals surface area contributed by atoms with Crippen molar-refractivity contribution in [1.82, 2.24) is 0 Å². The van der Waals surface area contributed by atoms with Crippen LogP contribution in [0.25, 0.3) is 0 Å². The zero-order valence-corrected chi connectivity index (χ0v) is 27.8. The first-order valence-electron chi connectivity index (χ1n) is 16.7. The molecule has 0 saturated heterocycles. The summed E-state index contributed by atoms with van der Waals surface area (Å²) in [6, 6.07) is 13.6. The van der Waals surface area contributed by atoms with Crippen LogP contribution >= 0.6 is 8.60 Å². The van der Waals surface area contributed by atoms with Gasteiger partial charge in [-0.3, -0.25) is 4.52 Å². The minimum absolute atomic E-state index is 0.790. The highest BCUT2D eigenvalue weighted by atomic mass is 31.2. The Hall–Kier alpha value is -1.51. The first kappa shape index (κ1) is 35.7. The van der Waals surface area contributed by atoms with Crippen LogP contribution < -0.4 is 0 Å². The van der Waals surface area contributed by atoms with Crippen molar-refractivity contribution in [2.45, 2.75) is 149 Å². The summed E-state index contributed by atoms with van der Waals surface area (Å²) in [5.41, 5.74) is 7.12. The molecular formula is C37H59O3P. The number of aryl methyl sites for hydroxylation is 4. The number of hydrogen-bond acceptors (Lipinski definition) is 3. The molecule has 0 aliphatic rings. The van der Waals surface area contributed by atoms with E-state index in [2.05, 4.69) is 77.6 Å². The Morgan fingerprint density at radius 1 is 0.634 bits per heavy atom. The highest BCUT2D eigenvalue weighted by molar-refractivity contribution is 7.39. The van der Waals surface area contributed by atoms with Crippen molar-refractivity contribution < 1.29 is 14.3 Å². The van der Waals surface area contributed by atoms with Gasteiger partial charge in [-0.15, -0.1) is 0 Å². The monoisotopic (exact) mass is 582 g/mol. The summed E-state index contributed by atoms with van der Waals surface area (Å²) in [6.07, 6.45) is 18.3. The van der Waals surface area contributed by atoms with Crippen molar-refractivity contribution in [1.29, 1.82) is 0 Å². The second kappa shape index (κ2) is 19.6. The standard InChI is InChI=1S/C37H59O3P/c1-7-12-17-18-19-30(6)37(40-41(38)39,35-26-24-31(20-13-8-2)28-33(35)22-15-10-4)36-27-25-32(21-14-9-3)29-34(36)23-16-11-5/h24-29,38-39H,6-23H2,1-5H3. The van der Waals surface area contributed by atoms with E-state index in [0.29, 0.717) is 0 Å². The number of rotatable bonds is 22. The zero-order valence-electron chi connectivity index (χ0n) is 26.9. The lowest BCUT2D eigenvalue weighted by molar-refractivity contribution is 0.120. The van der Waals surface area contributed by atoms with Crippen molar-refractivity contribution >= 4 is 8.60 Å². The Morgan fingerprint density at radius 2 is 1.07 bits per heavy atom. The van der Waals surface area contributed by atoms with E-state index in [-0.39, 0.29) is 0 Å². The molecule has 0 aliphatic heterocycles. The van der Waals surface area contributed by atoms with Gasteiger partial charge in [0, 0.05) is 0 Å². The third kappa shape index (κ3) is 10.6. The van der Waals surface area contributed by atoms with Crippen molar-refractivity contribution in [3.05, 3.63) is 81.9 Å². The van der Waals surface area contributed by atoms with Gasteiger partial charge in [0.25, 0.3) is 0 Å². The molecular weight excluding hydrogens is 523 g/mol. The van der Waals surface area contributed by atoms with Crippen molar-refractivity contribution in [2.75, 3.05) is 0 Å². The quantitative estimate of drug-likeness (QED) is 0.0825. The first-order chi connectivity index (χ1) is 19.9. The van der Waals surface area contributed by atoms with E-state index in [1.807, 2.05) is 0 Å². The highest BCUT2D eigenvalue weighted by Gasteiger charge is 2.43. The van der Waals surface area contributed by atoms with Crippen LogP contribution in [-0.2, 0) is 35.8 Å². The first-order valence-corrected chi connectivity index (χ1v) is 17.8. The highest BCUT2D eigenvalue weighted by Crippen LogP contribution is 2.51. The van der Waals surface area contributed by atoms with Gasteiger partial charge in [-0.1, -0.05) is 123 Å². The maximum absolute atomic E-state index is 10.6. The Bertz CT molecular complexity index is 965. The van der Waals surface area contributed by atoms with Gasteiger partial charge < -0.3 is 9.79 Å². The molecule has 0 unspecified atom stereocenters. The van der Waals surface area contributed by atoms with Gasteiger partial charge in [-0.25, -0.2) is 0 Å². The van der Waals surface area contributed by atoms with E-state index in [0.717, 1.165) is 113 Å². The van der Waals surface area contributed by atoms with Crippen LogP contribution in [0.2, 0.25) is 0 Å². The summed E-state index contributed by atoms with van der Waals surface area (Å²) in [6.45, 7) is 15.8. The van der Waals surface area contributed by atoms with Gasteiger partial charge in [-0.05, 0) is 103 Å². The molecule has 230 valence electrons. The normalized spacial score (nSPS) is 11.9. The van der Waals surface area contributed by atoms with Crippen molar-refractivity contribution in [2.24, 2.45) is 0 Å². The molecule has 0 bridgehead atoms. The van der Waals surface area contributed by atoms with E-state index < -0.39 is 14.2 Å². The van der Waals surface area contributed by atoms with Gasteiger partial charge >= 0.3 is 8.60 Å². The van der Waals surface area contributed by atoms with Gasteiger partial charge in [0.1, 0.15) is 5.60 Å². The SMILES string of the molecule is C=C(CCCCCC)C(OP(O)O)(c1ccc(CCCC)cc1CCCC)c1ccc(CCCC)cc1CCCC. The third-order valence-electron chi connectivity index (χ3n) is 8.38. The molecule has 0 amide bonds. The van der Waals surface area contributed by atoms with E-state index >= 15 is 0 Å². The van der Waals surface area contributed by atoms with E-state index in [1.54, 1.807) is 0 Å². The Balaban J connectivity index is 2.86. The van der Waals surface area contributed by atoms with E-state index in [9.17, 15) is 9.79 Å². The number of hydrogen-bond donors (Lipinski definition) is 2. The number of unbranched alkanes of at least 4 members (excludes halogenated alkanes) is 7. The van der Waals surface area contributed by atoms with Crippen LogP contribution in [0, 0.1) is 0 Å². The predicted molar refractivity (Wildman–Crippen MR) is 178 cm³/mol. The zero-order chi connectivity index (χ0) is 30.1. The second-order valence-electron chi connectivity index (χ2n) is 11.8. The summed E-state index contributed by atoms with van der Waals surface area (Å²) in [4.78, 5) is 21.2. The smallest absolute Gasteiger partial charge is 0.328 e. The van der Waals surface area contributed by atoms with Crippen molar-refractivity contribution in [3.63, 3.8) is 0 Å². The van der Waals surface area contributed by atoms with Crippen LogP contribution in [0.15, 0.2) is 48.6 Å². The summed E-state index contributed by atoms with van der Waals surface area (Å²) >= 11 is 0. The molecule has 0 atom stereocenters. The molecule has 0 aromatic heterocycles. The van der Waals surface area contributed by atoms with Crippen LogP contribution in [-0.4, -0.2) is 9.79 Å². The van der Waals surface area contributed by atoms with Gasteiger partial charge in [-0.2, -0.15) is 0 Å². The summed E-state index contributed by atoms with van der Waals surface area (Å²) in [7, 11) is -2.64. The molecule has 0 radical (unpaired) electrons. The lowest BCUT2D eigenvalue weighted by atomic mass is 9.73. The summed E-state index contributed by atoms with van der Waals surface area (Å²) < 4.78 is 6.49. The molecule has 0 saturated carbocycles. The molecule has 2 N–H and O–H groups in total. The molecule has 41 heavy (non-hydrogen) atoms. The fourth-order valence-electron chi connectivity index (χ4n) is 5.95. The average Bonchev–Trinajstić information content (AvgIpc) is 2.97. The van der Waals surface area contributed by atoms with Crippen LogP contribution in [0.1, 0.15) is 151 Å². The molecule has 2 aromatic rings. The fraction of sp³-hybridized carbons (Fsp3) is 0.622. The third-order valence-corrected chi connectivity index (χ3v) is 8.82. The molecule has 0 aliphatic carbocycles. The molecule has 0 spiro atoms. The Morgan fingerprint density at radius 3 is 1.49 bits per heavy atom. The topological polar surface area (TPSA) is 49.7 Å². The molecule has 0 fully saturated rings.